The Hall–Kier alpha value is -4.01. The number of rotatable bonds is 10. The zero-order chi connectivity index (χ0) is 29.9. The number of aliphatic hydroxyl groups is 1. The Morgan fingerprint density at radius 2 is 1.69 bits per heavy atom. The third-order valence-corrected chi connectivity index (χ3v) is 9.05. The third-order valence-electron chi connectivity index (χ3n) is 8.11. The maximum Gasteiger partial charge on any atom is 0.338 e. The number of hydrogen-bond donors (Lipinski definition) is 2. The number of nitrogens with two attached hydrogens (primary N) is 1. The predicted molar refractivity (Wildman–Crippen MR) is 164 cm³/mol. The molecule has 0 saturated carbocycles. The summed E-state index contributed by atoms with van der Waals surface area (Å²) in [4.78, 5) is 18.4. The molecular weight excluding hydrogens is 548 g/mol. The van der Waals surface area contributed by atoms with E-state index in [1.54, 1.807) is 12.1 Å². The van der Waals surface area contributed by atoms with Gasteiger partial charge in [0.25, 0.3) is 0 Å². The van der Waals surface area contributed by atoms with E-state index in [1.165, 1.54) is 6.07 Å². The van der Waals surface area contributed by atoms with Crippen LogP contribution in [0.4, 0.5) is 0 Å². The second-order valence-corrected chi connectivity index (χ2v) is 12.5. The van der Waals surface area contributed by atoms with Gasteiger partial charge in [-0.15, -0.1) is 0 Å². The van der Waals surface area contributed by atoms with Gasteiger partial charge in [0, 0.05) is 23.3 Å². The number of aryl methyl sites for hydroxylation is 1. The molecule has 3 aromatic carbocycles. The van der Waals surface area contributed by atoms with Crippen LogP contribution >= 0.6 is 0 Å². The highest BCUT2D eigenvalue weighted by atomic mass is 32.2. The van der Waals surface area contributed by atoms with Gasteiger partial charge >= 0.3 is 5.97 Å². The van der Waals surface area contributed by atoms with Crippen molar-refractivity contribution in [2.45, 2.75) is 68.8 Å². The van der Waals surface area contributed by atoms with E-state index in [0.717, 1.165) is 29.5 Å². The van der Waals surface area contributed by atoms with Gasteiger partial charge in [0.2, 0.25) is 10.0 Å². The normalized spacial score (nSPS) is 18.2. The minimum Gasteiger partial charge on any atom is -0.512 e. The number of primary sulfonamides is 1. The lowest BCUT2D eigenvalue weighted by Crippen LogP contribution is -2.41. The molecule has 2 atom stereocenters. The number of esters is 1. The Morgan fingerprint density at radius 1 is 0.952 bits per heavy atom. The number of fused-ring (bicyclic) bond motifs is 1. The molecule has 42 heavy (non-hydrogen) atoms. The number of aromatic nitrogens is 1. The Labute approximate surface area is 247 Å². The Morgan fingerprint density at radius 3 is 2.38 bits per heavy atom. The molecule has 0 spiro atoms. The van der Waals surface area contributed by atoms with Gasteiger partial charge in [-0.05, 0) is 48.9 Å². The molecule has 5 rings (SSSR count). The van der Waals surface area contributed by atoms with Crippen molar-refractivity contribution < 1.29 is 23.1 Å². The monoisotopic (exact) mass is 584 g/mol. The molecule has 0 amide bonds. The highest BCUT2D eigenvalue weighted by molar-refractivity contribution is 7.89. The number of nitrogens with zero attached hydrogens (tertiary/aromatic N) is 1. The van der Waals surface area contributed by atoms with E-state index in [1.807, 2.05) is 61.5 Å². The summed E-state index contributed by atoms with van der Waals surface area (Å²) < 4.78 is 30.8. The van der Waals surface area contributed by atoms with Crippen molar-refractivity contribution in [3.63, 3.8) is 0 Å². The van der Waals surface area contributed by atoms with E-state index < -0.39 is 27.5 Å². The van der Waals surface area contributed by atoms with Crippen molar-refractivity contribution in [2.75, 3.05) is 0 Å². The first-order valence-electron chi connectivity index (χ1n) is 14.4. The van der Waals surface area contributed by atoms with Gasteiger partial charge in [-0.2, -0.15) is 0 Å². The summed E-state index contributed by atoms with van der Waals surface area (Å²) in [5.41, 5.74) is 3.01. The lowest BCUT2D eigenvalue weighted by molar-refractivity contribution is -0.161. The molecule has 0 fully saturated rings. The van der Waals surface area contributed by atoms with E-state index in [9.17, 15) is 18.3 Å². The number of cyclic esters (lactones) is 1. The fourth-order valence-corrected chi connectivity index (χ4v) is 6.84. The first kappa shape index (κ1) is 29.5. The number of sulfonamides is 1. The molecule has 0 saturated heterocycles. The average molecular weight is 585 g/mol. The molecule has 1 aliphatic rings. The molecule has 8 heteroatoms. The summed E-state index contributed by atoms with van der Waals surface area (Å²) in [6, 6.07) is 26.1. The van der Waals surface area contributed by atoms with Gasteiger partial charge in [0.05, 0.1) is 16.8 Å². The van der Waals surface area contributed by atoms with E-state index in [-0.39, 0.29) is 28.2 Å². The van der Waals surface area contributed by atoms with Crippen molar-refractivity contribution in [1.82, 2.24) is 4.98 Å². The van der Waals surface area contributed by atoms with Crippen LogP contribution in [-0.4, -0.2) is 30.1 Å². The number of hydrogen-bond acceptors (Lipinski definition) is 6. The molecule has 1 aromatic heterocycles. The van der Waals surface area contributed by atoms with Gasteiger partial charge in [0.1, 0.15) is 16.3 Å². The summed E-state index contributed by atoms with van der Waals surface area (Å²) in [6.07, 6.45) is 3.63. The number of para-hydroxylation sites is 1. The molecule has 218 valence electrons. The van der Waals surface area contributed by atoms with Crippen LogP contribution < -0.4 is 5.14 Å². The lowest BCUT2D eigenvalue weighted by atomic mass is 9.79. The van der Waals surface area contributed by atoms with Gasteiger partial charge in [-0.25, -0.2) is 23.3 Å². The maximum absolute atomic E-state index is 13.7. The molecule has 4 aromatic rings. The topological polar surface area (TPSA) is 120 Å². The van der Waals surface area contributed by atoms with E-state index in [4.69, 9.17) is 14.9 Å². The zero-order valence-corrected chi connectivity index (χ0v) is 24.7. The number of carbonyl (C=O) groups excluding carboxylic acids is 1. The first-order valence-corrected chi connectivity index (χ1v) is 15.9. The predicted octanol–water partition coefficient (Wildman–Crippen LogP) is 6.97. The van der Waals surface area contributed by atoms with Crippen LogP contribution in [0.25, 0.3) is 22.2 Å². The summed E-state index contributed by atoms with van der Waals surface area (Å²) in [5, 5.41) is 17.6. The quantitative estimate of drug-likeness (QED) is 0.194. The number of aliphatic hydroxyl groups excluding tert-OH is 1. The second-order valence-electron chi connectivity index (χ2n) is 11.0. The Kier molecular flexibility index (Phi) is 8.48. The highest BCUT2D eigenvalue weighted by Crippen LogP contribution is 2.43. The van der Waals surface area contributed by atoms with Crippen molar-refractivity contribution >= 4 is 26.9 Å². The Balaban J connectivity index is 1.54. The van der Waals surface area contributed by atoms with Crippen LogP contribution in [0.2, 0.25) is 0 Å². The standard InChI is InChI=1S/C34H36N2O5S/c1-3-20-34(21-19-23-11-6-5-7-12-23)22-29(37)31(33(38)41-34)25(4-2)26-14-8-9-15-27(26)28-18-17-24-13-10-16-30(32(24)36-28)42(35,39)40/h5-18,25,37H,3-4,19-22H2,1-2H3,(H2,35,39,40). The first-order chi connectivity index (χ1) is 20.2. The van der Waals surface area contributed by atoms with E-state index in [0.29, 0.717) is 30.3 Å². The molecule has 0 radical (unpaired) electrons. The molecule has 1 aliphatic heterocycles. The summed E-state index contributed by atoms with van der Waals surface area (Å²) in [7, 11) is -3.99. The minimum atomic E-state index is -3.99. The molecule has 3 N–H and O–H groups in total. The van der Waals surface area contributed by atoms with Gasteiger partial charge in [-0.3, -0.25) is 0 Å². The minimum absolute atomic E-state index is 0.0506. The van der Waals surface area contributed by atoms with Gasteiger partial charge < -0.3 is 9.84 Å². The van der Waals surface area contributed by atoms with Crippen LogP contribution in [0.1, 0.15) is 63.0 Å². The molecule has 7 nitrogen and oxygen atoms in total. The van der Waals surface area contributed by atoms with Crippen molar-refractivity contribution in [1.29, 1.82) is 0 Å². The average Bonchev–Trinajstić information content (AvgIpc) is 2.98. The molecule has 0 bridgehead atoms. The summed E-state index contributed by atoms with van der Waals surface area (Å²) in [6.45, 7) is 4.02. The smallest absolute Gasteiger partial charge is 0.338 e. The van der Waals surface area contributed by atoms with Gasteiger partial charge in [0.15, 0.2) is 0 Å². The van der Waals surface area contributed by atoms with Crippen molar-refractivity contribution in [3.8, 4) is 11.3 Å². The van der Waals surface area contributed by atoms with Crippen LogP contribution in [0.3, 0.4) is 0 Å². The summed E-state index contributed by atoms with van der Waals surface area (Å²) >= 11 is 0. The zero-order valence-electron chi connectivity index (χ0n) is 23.9. The fourth-order valence-electron chi connectivity index (χ4n) is 6.14. The number of pyridine rings is 1. The van der Waals surface area contributed by atoms with Crippen LogP contribution in [0.15, 0.2) is 101 Å². The van der Waals surface area contributed by atoms with Crippen LogP contribution in [0.5, 0.6) is 0 Å². The van der Waals surface area contributed by atoms with Crippen molar-refractivity contribution in [2.24, 2.45) is 5.14 Å². The molecule has 2 unspecified atom stereocenters. The molecular formula is C34H36N2O5S. The second kappa shape index (κ2) is 12.1. The summed E-state index contributed by atoms with van der Waals surface area (Å²) in [5.74, 6) is -0.879. The van der Waals surface area contributed by atoms with E-state index >= 15 is 0 Å². The van der Waals surface area contributed by atoms with Gasteiger partial charge in [-0.1, -0.05) is 93.1 Å². The fraction of sp³-hybridized carbons (Fsp3) is 0.294. The highest BCUT2D eigenvalue weighted by Gasteiger charge is 2.43. The van der Waals surface area contributed by atoms with Crippen LogP contribution in [-0.2, 0) is 26.0 Å². The lowest BCUT2D eigenvalue weighted by Gasteiger charge is -2.39. The van der Waals surface area contributed by atoms with Crippen molar-refractivity contribution in [3.05, 3.63) is 107 Å². The largest absolute Gasteiger partial charge is 0.512 e. The van der Waals surface area contributed by atoms with E-state index in [2.05, 4.69) is 19.1 Å². The van der Waals surface area contributed by atoms with Crippen LogP contribution in [0, 0.1) is 0 Å². The molecule has 0 aliphatic carbocycles. The molecule has 2 heterocycles. The Bertz CT molecular complexity index is 1750. The maximum atomic E-state index is 13.7. The number of carbonyl (C=O) groups is 1. The SMILES string of the molecule is CCCC1(CCc2ccccc2)CC(O)=C(C(CC)c2ccccc2-c2ccc3cccc(S(N)(=O)=O)c3n2)C(=O)O1. The number of benzene rings is 3. The third kappa shape index (κ3) is 5.96. The number of ether oxygens (including phenoxy) is 1.